The molecule has 0 bridgehead atoms. The molecule has 114 heavy (non-hydrogen) atoms. The number of aliphatic hydroxyl groups excluding tert-OH is 24. The normalized spacial score (nSPS) is 52.3. The Morgan fingerprint density at radius 2 is 0.307 bits per heavy atom. The van der Waals surface area contributed by atoms with Gasteiger partial charge in [0.2, 0.25) is 0 Å². The van der Waals surface area contributed by atoms with E-state index in [0.29, 0.717) is 0 Å². The van der Waals surface area contributed by atoms with Gasteiger partial charge in [-0.1, -0.05) is 0 Å². The zero-order valence-corrected chi connectivity index (χ0v) is 64.9. The molecule has 0 aromatic rings. The molecule has 44 N–H and O–H groups in total. The van der Waals surface area contributed by atoms with Gasteiger partial charge in [0.05, 0.1) is 126 Å². The van der Waals surface area contributed by atoms with E-state index >= 15 is 0 Å². The van der Waals surface area contributed by atoms with Gasteiger partial charge in [-0.3, -0.25) is 0 Å². The molecule has 0 aromatic heterocycles. The van der Waals surface area contributed by atoms with Crippen LogP contribution in [0, 0.1) is 0 Å². The van der Waals surface area contributed by atoms with Crippen LogP contribution in [0.2, 0.25) is 0 Å². The van der Waals surface area contributed by atoms with Gasteiger partial charge in [0.15, 0.2) is 62.9 Å². The second-order valence-corrected chi connectivity index (χ2v) is 28.8. The Kier molecular flexibility index (Phi) is 38.7. The molecule has 10 rings (SSSR count). The van der Waals surface area contributed by atoms with Crippen LogP contribution in [-0.4, -0.2) is 495 Å². The molecular weight excluding hydrogens is 1650 g/mol. The number of aliphatic hydroxyl groups is 24. The maximum Gasteiger partial charge on any atom is 2.00 e. The number of hydrogen-bond donors (Lipinski definition) is 34. The van der Waals surface area contributed by atoms with E-state index in [1.54, 1.807) is 0 Å². The van der Waals surface area contributed by atoms with Crippen molar-refractivity contribution in [1.29, 1.82) is 0 Å². The Balaban J connectivity index is 0.000000349. The van der Waals surface area contributed by atoms with Crippen molar-refractivity contribution in [3.05, 3.63) is 0 Å². The van der Waals surface area contributed by atoms with E-state index in [-0.39, 0.29) is 38.0 Å². The predicted molar refractivity (Wildman–Crippen MR) is 355 cm³/mol. The SMILES string of the molecule is NC1C(OC2C(CO)OC(OC3C(CO)OC(OC4C(CO)OC(OC5C(CO)OC(O)C(N)C5O)C(N)C4O)C(N)C3O)C(N)C2O)OC(CO)C(O)C1O.NC1C(OC2C(CO)OC(OC3C(CO)OC(OC4C(CO)OC(OC5C(CO)OC(O)C(N)C5O)C(N)C4O)C(N)C3O)C(N)C2O)OC(CO)C(O)C1O.[Fe].[HH].[Zn+2]. The number of ether oxygens (including phenoxy) is 18. The first kappa shape index (κ1) is 100. The average Bonchev–Trinajstić information content (AvgIpc) is 0.794. The quantitative estimate of drug-likeness (QED) is 0.0358. The van der Waals surface area contributed by atoms with E-state index in [4.69, 9.17) is 143 Å². The average molecular weight is 1770 g/mol. The number of hydrogen-bond acceptors (Lipinski definition) is 52. The van der Waals surface area contributed by atoms with Crippen LogP contribution >= 0.6 is 0 Å². The molecule has 666 valence electrons. The van der Waals surface area contributed by atoms with E-state index in [0.717, 1.165) is 0 Å². The molecule has 0 amide bonds. The van der Waals surface area contributed by atoms with Crippen LogP contribution in [0.3, 0.4) is 0 Å². The van der Waals surface area contributed by atoms with Crippen molar-refractivity contribution >= 4 is 0 Å². The van der Waals surface area contributed by atoms with Crippen molar-refractivity contribution in [3.63, 3.8) is 0 Å². The van der Waals surface area contributed by atoms with Crippen LogP contribution in [0.4, 0.5) is 0 Å². The molecule has 10 heterocycles. The molecule has 10 saturated heterocycles. The molecule has 0 aromatic carbocycles. The van der Waals surface area contributed by atoms with Crippen molar-refractivity contribution in [2.45, 2.75) is 306 Å². The molecule has 52 nitrogen and oxygen atoms in total. The molecule has 10 aliphatic heterocycles. The molecule has 0 saturated carbocycles. The number of nitrogens with two attached hydrogens (primary N) is 10. The Morgan fingerprint density at radius 1 is 0.184 bits per heavy atom. The fraction of sp³-hybridized carbons (Fsp3) is 1.00. The second-order valence-electron chi connectivity index (χ2n) is 28.8. The van der Waals surface area contributed by atoms with E-state index < -0.39 is 373 Å². The zero-order chi connectivity index (χ0) is 82.7. The van der Waals surface area contributed by atoms with Crippen molar-refractivity contribution in [2.24, 2.45) is 57.3 Å². The summed E-state index contributed by atoms with van der Waals surface area (Å²) in [6, 6.07) is -14.3. The van der Waals surface area contributed by atoms with Crippen molar-refractivity contribution in [2.75, 3.05) is 66.1 Å². The van der Waals surface area contributed by atoms with Crippen molar-refractivity contribution in [1.82, 2.24) is 0 Å². The standard InChI is InChI=1S/2C30H57N5O21.Fe.Zn.H2/c2*31-11-18(43)22(7(2-37)48-26(11)47)53-28-13(33)20(45)24(9(4-39)50-28)55-30-15(35)21(46)25(10(5-40)52-30)56-29-14(34)19(44)23(8(3-38)51-29)54-27-12(32)17(42)16(41)6(1-36)49-27;;;/h2*6-30,36-47H,1-5,31-35H2;;;1H/q;;;+2;. The van der Waals surface area contributed by atoms with Crippen LogP contribution in [-0.2, 0) is 122 Å². The van der Waals surface area contributed by atoms with Gasteiger partial charge in [-0.15, -0.1) is 0 Å². The molecule has 0 aliphatic carbocycles. The van der Waals surface area contributed by atoms with E-state index in [2.05, 4.69) is 0 Å². The summed E-state index contributed by atoms with van der Waals surface area (Å²) in [7, 11) is 0. The third-order valence-corrected chi connectivity index (χ3v) is 21.4. The summed E-state index contributed by atoms with van der Waals surface area (Å²) in [6.07, 6.45) is -61.0. The van der Waals surface area contributed by atoms with Gasteiger partial charge in [0, 0.05) is 18.5 Å². The molecule has 50 atom stereocenters. The molecule has 54 heteroatoms. The largest absolute Gasteiger partial charge is 2.00 e. The summed E-state index contributed by atoms with van der Waals surface area (Å²) >= 11 is 0. The van der Waals surface area contributed by atoms with Crippen LogP contribution in [0.15, 0.2) is 0 Å². The van der Waals surface area contributed by atoms with Gasteiger partial charge >= 0.3 is 19.5 Å². The first-order valence-electron chi connectivity index (χ1n) is 36.0. The Labute approximate surface area is 673 Å². The molecule has 0 radical (unpaired) electrons. The summed E-state index contributed by atoms with van der Waals surface area (Å²) in [5.74, 6) is 0. The minimum Gasteiger partial charge on any atom is -0.394 e. The van der Waals surface area contributed by atoms with Gasteiger partial charge < -0.3 is 265 Å². The first-order valence-corrected chi connectivity index (χ1v) is 36.0. The fourth-order valence-electron chi connectivity index (χ4n) is 14.5. The Morgan fingerprint density at radius 3 is 0.456 bits per heavy atom. The summed E-state index contributed by atoms with van der Waals surface area (Å²) < 4.78 is 102. The van der Waals surface area contributed by atoms with Gasteiger partial charge in [0.25, 0.3) is 0 Å². The zero-order valence-electron chi connectivity index (χ0n) is 60.9. The van der Waals surface area contributed by atoms with Gasteiger partial charge in [-0.2, -0.15) is 0 Å². The van der Waals surface area contributed by atoms with Crippen molar-refractivity contribution < 1.29 is 246 Å². The topological polar surface area (TPSA) is 912 Å². The minimum absolute atomic E-state index is 0. The summed E-state index contributed by atoms with van der Waals surface area (Å²) in [6.45, 7) is -7.73. The molecular formula is C60H116FeN10O42Zn+2. The third kappa shape index (κ3) is 21.3. The van der Waals surface area contributed by atoms with E-state index in [1.165, 1.54) is 0 Å². The summed E-state index contributed by atoms with van der Waals surface area (Å²) in [5, 5.41) is 249. The fourth-order valence-corrected chi connectivity index (χ4v) is 14.5. The first-order chi connectivity index (χ1) is 53.0. The van der Waals surface area contributed by atoms with Crippen molar-refractivity contribution in [3.8, 4) is 0 Å². The smallest absolute Gasteiger partial charge is 0.394 e. The van der Waals surface area contributed by atoms with Gasteiger partial charge in [-0.05, 0) is 0 Å². The molecule has 50 unspecified atom stereocenters. The third-order valence-electron chi connectivity index (χ3n) is 21.4. The molecule has 10 aliphatic rings. The minimum atomic E-state index is -1.74. The second kappa shape index (κ2) is 44.1. The monoisotopic (exact) mass is 1770 g/mol. The van der Waals surface area contributed by atoms with Gasteiger partial charge in [0.1, 0.15) is 183 Å². The maximum atomic E-state index is 11.3. The van der Waals surface area contributed by atoms with Crippen LogP contribution in [0.5, 0.6) is 0 Å². The Hall–Kier alpha value is -0.937. The predicted octanol–water partition coefficient (Wildman–Crippen LogP) is -23.9. The number of rotatable bonds is 26. The molecule has 0 spiro atoms. The summed E-state index contributed by atoms with van der Waals surface area (Å²) in [4.78, 5) is 0. The van der Waals surface area contributed by atoms with Crippen LogP contribution < -0.4 is 57.3 Å². The van der Waals surface area contributed by atoms with E-state index in [1.807, 2.05) is 0 Å². The molecule has 10 fully saturated rings. The van der Waals surface area contributed by atoms with Crippen LogP contribution in [0.1, 0.15) is 1.43 Å². The van der Waals surface area contributed by atoms with E-state index in [9.17, 15) is 123 Å². The maximum absolute atomic E-state index is 11.3. The van der Waals surface area contributed by atoms with Gasteiger partial charge in [-0.25, -0.2) is 0 Å². The summed E-state index contributed by atoms with van der Waals surface area (Å²) in [5.41, 5.74) is 60.8. The van der Waals surface area contributed by atoms with Crippen LogP contribution in [0.25, 0.3) is 0 Å². The Bertz CT molecular complexity index is 2640.